The highest BCUT2D eigenvalue weighted by Crippen LogP contribution is 2.62. The SMILES string of the molecule is COCC1(C#N)C(c2ccccc2)C1S(C)(=O)=O. The Balaban J connectivity index is 2.45. The van der Waals surface area contributed by atoms with Crippen molar-refractivity contribution in [3.8, 4) is 6.07 Å². The van der Waals surface area contributed by atoms with Gasteiger partial charge in [-0.25, -0.2) is 8.42 Å². The molecule has 0 bridgehead atoms. The molecule has 0 aromatic heterocycles. The molecule has 1 fully saturated rings. The number of sulfone groups is 1. The summed E-state index contributed by atoms with van der Waals surface area (Å²) < 4.78 is 28.7. The van der Waals surface area contributed by atoms with Crippen LogP contribution in [-0.2, 0) is 14.6 Å². The third-order valence-corrected chi connectivity index (χ3v) is 5.08. The van der Waals surface area contributed by atoms with Crippen LogP contribution >= 0.6 is 0 Å². The van der Waals surface area contributed by atoms with Crippen LogP contribution in [0.1, 0.15) is 11.5 Å². The van der Waals surface area contributed by atoms with Crippen molar-refractivity contribution in [2.24, 2.45) is 5.41 Å². The lowest BCUT2D eigenvalue weighted by Crippen LogP contribution is -2.17. The molecule has 5 heteroatoms. The number of hydrogen-bond acceptors (Lipinski definition) is 4. The first-order valence-corrected chi connectivity index (χ1v) is 7.57. The molecule has 3 atom stereocenters. The molecule has 1 aromatic rings. The van der Waals surface area contributed by atoms with E-state index < -0.39 is 20.5 Å². The number of nitrogens with zero attached hydrogens (tertiary/aromatic N) is 1. The van der Waals surface area contributed by atoms with Gasteiger partial charge >= 0.3 is 0 Å². The molecule has 1 aliphatic rings. The Bertz CT molecular complexity index is 576. The van der Waals surface area contributed by atoms with Crippen molar-refractivity contribution in [2.75, 3.05) is 20.0 Å². The van der Waals surface area contributed by atoms with Crippen LogP contribution in [0.15, 0.2) is 30.3 Å². The summed E-state index contributed by atoms with van der Waals surface area (Å²) in [6.07, 6.45) is 1.18. The van der Waals surface area contributed by atoms with Crippen molar-refractivity contribution in [3.63, 3.8) is 0 Å². The van der Waals surface area contributed by atoms with E-state index in [4.69, 9.17) is 4.74 Å². The number of ether oxygens (including phenoxy) is 1. The minimum Gasteiger partial charge on any atom is -0.383 e. The van der Waals surface area contributed by atoms with Gasteiger partial charge in [-0.1, -0.05) is 30.3 Å². The topological polar surface area (TPSA) is 67.2 Å². The first-order chi connectivity index (χ1) is 8.47. The van der Waals surface area contributed by atoms with Gasteiger partial charge in [0.2, 0.25) is 0 Å². The van der Waals surface area contributed by atoms with Gasteiger partial charge in [0, 0.05) is 19.3 Å². The maximum Gasteiger partial charge on any atom is 0.152 e. The van der Waals surface area contributed by atoms with Crippen LogP contribution in [0.3, 0.4) is 0 Å². The van der Waals surface area contributed by atoms with Crippen molar-refractivity contribution in [1.29, 1.82) is 5.26 Å². The zero-order chi connectivity index (χ0) is 13.4. The Morgan fingerprint density at radius 2 is 2.00 bits per heavy atom. The molecule has 2 rings (SSSR count). The van der Waals surface area contributed by atoms with Crippen molar-refractivity contribution < 1.29 is 13.2 Å². The van der Waals surface area contributed by atoms with Gasteiger partial charge in [0.15, 0.2) is 9.84 Å². The summed E-state index contributed by atoms with van der Waals surface area (Å²) in [5.74, 6) is -0.293. The summed E-state index contributed by atoms with van der Waals surface area (Å²) in [4.78, 5) is 0. The van der Waals surface area contributed by atoms with Crippen LogP contribution in [-0.4, -0.2) is 33.6 Å². The maximum atomic E-state index is 11.8. The van der Waals surface area contributed by atoms with Gasteiger partial charge in [-0.3, -0.25) is 0 Å². The fourth-order valence-corrected chi connectivity index (χ4v) is 4.59. The number of nitriles is 1. The zero-order valence-electron chi connectivity index (χ0n) is 10.3. The molecule has 3 unspecified atom stereocenters. The maximum absolute atomic E-state index is 11.8. The number of rotatable bonds is 4. The van der Waals surface area contributed by atoms with E-state index in [1.54, 1.807) is 0 Å². The molecule has 4 nitrogen and oxygen atoms in total. The minimum atomic E-state index is -3.27. The Morgan fingerprint density at radius 1 is 1.39 bits per heavy atom. The molecular formula is C13H15NO3S. The third-order valence-electron chi connectivity index (χ3n) is 3.47. The highest BCUT2D eigenvalue weighted by molar-refractivity contribution is 7.91. The smallest absolute Gasteiger partial charge is 0.152 e. The Hall–Kier alpha value is -1.38. The second-order valence-corrected chi connectivity index (χ2v) is 6.89. The molecule has 18 heavy (non-hydrogen) atoms. The van der Waals surface area contributed by atoms with Gasteiger partial charge in [-0.15, -0.1) is 0 Å². The third kappa shape index (κ3) is 1.92. The Kier molecular flexibility index (Phi) is 3.18. The average Bonchev–Trinajstić information content (AvgIpc) is 3.00. The number of benzene rings is 1. The monoisotopic (exact) mass is 265 g/mol. The summed E-state index contributed by atoms with van der Waals surface area (Å²) in [5.41, 5.74) is -0.0597. The molecule has 0 aliphatic heterocycles. The quantitative estimate of drug-likeness (QED) is 0.824. The lowest BCUT2D eigenvalue weighted by Gasteiger charge is -2.06. The molecule has 0 saturated heterocycles. The predicted molar refractivity (Wildman–Crippen MR) is 67.7 cm³/mol. The van der Waals surface area contributed by atoms with E-state index in [2.05, 4.69) is 6.07 Å². The average molecular weight is 265 g/mol. The molecule has 0 N–H and O–H groups in total. The Morgan fingerprint density at radius 3 is 2.44 bits per heavy atom. The van der Waals surface area contributed by atoms with Gasteiger partial charge in [0.1, 0.15) is 5.41 Å². The second kappa shape index (κ2) is 4.38. The van der Waals surface area contributed by atoms with E-state index >= 15 is 0 Å². The summed E-state index contributed by atoms with van der Waals surface area (Å²) in [6.45, 7) is 0.140. The van der Waals surface area contributed by atoms with E-state index in [1.165, 1.54) is 13.4 Å². The number of methoxy groups -OCH3 is 1. The fourth-order valence-electron chi connectivity index (χ4n) is 2.74. The van der Waals surface area contributed by atoms with E-state index in [0.29, 0.717) is 0 Å². The van der Waals surface area contributed by atoms with E-state index in [9.17, 15) is 13.7 Å². The Labute approximate surface area is 107 Å². The highest BCUT2D eigenvalue weighted by Gasteiger charge is 2.71. The van der Waals surface area contributed by atoms with Crippen LogP contribution in [0.25, 0.3) is 0 Å². The minimum absolute atomic E-state index is 0.140. The lowest BCUT2D eigenvalue weighted by atomic mass is 10.0. The first kappa shape index (κ1) is 13.1. The van der Waals surface area contributed by atoms with Crippen LogP contribution in [0.4, 0.5) is 0 Å². The summed E-state index contributed by atoms with van der Waals surface area (Å²) in [6, 6.07) is 11.4. The van der Waals surface area contributed by atoms with Gasteiger partial charge in [-0.05, 0) is 5.56 Å². The standard InChI is InChI=1S/C13H15NO3S/c1-17-9-13(8-14)11(12(13)18(2,15)16)10-6-4-3-5-7-10/h3-7,11-12H,9H2,1-2H3. The van der Waals surface area contributed by atoms with Crippen molar-refractivity contribution in [2.45, 2.75) is 11.2 Å². The molecule has 0 amide bonds. The van der Waals surface area contributed by atoms with Crippen LogP contribution in [0, 0.1) is 16.7 Å². The van der Waals surface area contributed by atoms with Crippen molar-refractivity contribution in [1.82, 2.24) is 0 Å². The molecule has 96 valence electrons. The van der Waals surface area contributed by atoms with Gasteiger partial charge in [0.25, 0.3) is 0 Å². The molecule has 1 aliphatic carbocycles. The summed E-state index contributed by atoms with van der Waals surface area (Å²) in [7, 11) is -1.79. The summed E-state index contributed by atoms with van der Waals surface area (Å²) >= 11 is 0. The molecule has 1 aromatic carbocycles. The molecular weight excluding hydrogens is 250 g/mol. The highest BCUT2D eigenvalue weighted by atomic mass is 32.2. The molecule has 1 saturated carbocycles. The molecule has 0 radical (unpaired) electrons. The van der Waals surface area contributed by atoms with Crippen LogP contribution in [0.5, 0.6) is 0 Å². The van der Waals surface area contributed by atoms with E-state index in [0.717, 1.165) is 5.56 Å². The van der Waals surface area contributed by atoms with Crippen LogP contribution < -0.4 is 0 Å². The van der Waals surface area contributed by atoms with Crippen molar-refractivity contribution >= 4 is 9.84 Å². The van der Waals surface area contributed by atoms with Gasteiger partial charge in [-0.2, -0.15) is 5.26 Å². The fraction of sp³-hybridized carbons (Fsp3) is 0.462. The van der Waals surface area contributed by atoms with Gasteiger partial charge in [0.05, 0.1) is 17.9 Å². The lowest BCUT2D eigenvalue weighted by molar-refractivity contribution is 0.162. The predicted octanol–water partition coefficient (Wildman–Crippen LogP) is 1.35. The normalized spacial score (nSPS) is 30.7. The van der Waals surface area contributed by atoms with E-state index in [-0.39, 0.29) is 12.5 Å². The first-order valence-electron chi connectivity index (χ1n) is 5.61. The van der Waals surface area contributed by atoms with Gasteiger partial charge < -0.3 is 4.74 Å². The van der Waals surface area contributed by atoms with Crippen molar-refractivity contribution in [3.05, 3.63) is 35.9 Å². The molecule has 0 heterocycles. The largest absolute Gasteiger partial charge is 0.383 e. The second-order valence-electron chi connectivity index (χ2n) is 4.72. The molecule has 0 spiro atoms. The zero-order valence-corrected chi connectivity index (χ0v) is 11.1. The van der Waals surface area contributed by atoms with E-state index in [1.807, 2.05) is 30.3 Å². The summed E-state index contributed by atoms with van der Waals surface area (Å²) in [5, 5.41) is 8.69. The number of hydrogen-bond donors (Lipinski definition) is 0. The van der Waals surface area contributed by atoms with Crippen LogP contribution in [0.2, 0.25) is 0 Å².